The van der Waals surface area contributed by atoms with E-state index in [2.05, 4.69) is 20.1 Å². The number of halogens is 3. The van der Waals surface area contributed by atoms with E-state index < -0.39 is 22.4 Å². The first-order valence-corrected chi connectivity index (χ1v) is 13.7. The number of urea groups is 1. The fourth-order valence-corrected chi connectivity index (χ4v) is 4.56. The number of hydrogen-bond acceptors (Lipinski definition) is 6. The summed E-state index contributed by atoms with van der Waals surface area (Å²) in [7, 11) is -3.61. The number of amides is 2. The summed E-state index contributed by atoms with van der Waals surface area (Å²) in [6.07, 6.45) is -2.15. The number of carbonyl (C=O) groups is 1. The van der Waals surface area contributed by atoms with Crippen molar-refractivity contribution in [2.45, 2.75) is 24.1 Å². The summed E-state index contributed by atoms with van der Waals surface area (Å²) < 4.78 is 65.5. The van der Waals surface area contributed by atoms with Gasteiger partial charge in [-0.25, -0.2) is 13.2 Å². The zero-order chi connectivity index (χ0) is 27.1. The van der Waals surface area contributed by atoms with Gasteiger partial charge in [0.1, 0.15) is 11.5 Å². The highest BCUT2D eigenvalue weighted by molar-refractivity contribution is 7.99. The van der Waals surface area contributed by atoms with Crippen LogP contribution in [0.1, 0.15) is 12.0 Å². The van der Waals surface area contributed by atoms with Gasteiger partial charge in [0.05, 0.1) is 11.9 Å². The Kier molecular flexibility index (Phi) is 9.16. The predicted octanol–water partition coefficient (Wildman–Crippen LogP) is 6.03. The van der Waals surface area contributed by atoms with E-state index in [1.165, 1.54) is 42.1 Å². The number of nitrogens with one attached hydrogen (secondary N) is 3. The Hall–Kier alpha value is -3.58. The van der Waals surface area contributed by atoms with Crippen molar-refractivity contribution in [1.29, 1.82) is 0 Å². The van der Waals surface area contributed by atoms with E-state index in [0.717, 1.165) is 35.3 Å². The number of anilines is 3. The van der Waals surface area contributed by atoms with Gasteiger partial charge in [-0.05, 0) is 78.8 Å². The molecule has 8 nitrogen and oxygen atoms in total. The number of rotatable bonds is 10. The highest BCUT2D eigenvalue weighted by atomic mass is 32.2. The molecule has 0 aliphatic rings. The van der Waals surface area contributed by atoms with Gasteiger partial charge in [-0.3, -0.25) is 4.72 Å². The SMILES string of the molecule is CS(=O)(=O)Nc1cc(NC(=O)Nc2ccc(CCCSc3ccc(OC(F)(F)F)cc3)cc2)ccc1O. The Balaban J connectivity index is 1.43. The second kappa shape index (κ2) is 12.1. The van der Waals surface area contributed by atoms with Crippen molar-refractivity contribution >= 4 is 44.9 Å². The number of hydrogen-bond donors (Lipinski definition) is 4. The van der Waals surface area contributed by atoms with E-state index in [1.807, 2.05) is 12.1 Å². The summed E-state index contributed by atoms with van der Waals surface area (Å²) in [5.74, 6) is 0.236. The zero-order valence-electron chi connectivity index (χ0n) is 19.5. The van der Waals surface area contributed by atoms with E-state index in [4.69, 9.17) is 0 Å². The van der Waals surface area contributed by atoms with Crippen molar-refractivity contribution in [1.82, 2.24) is 0 Å². The van der Waals surface area contributed by atoms with Crippen LogP contribution in [0.2, 0.25) is 0 Å². The van der Waals surface area contributed by atoms with Gasteiger partial charge < -0.3 is 20.5 Å². The first kappa shape index (κ1) is 28.0. The average Bonchev–Trinajstić information content (AvgIpc) is 2.79. The van der Waals surface area contributed by atoms with Crippen LogP contribution in [0.5, 0.6) is 11.5 Å². The number of sulfonamides is 1. The summed E-state index contributed by atoms with van der Waals surface area (Å²) in [5, 5.41) is 15.0. The number of aromatic hydroxyl groups is 1. The lowest BCUT2D eigenvalue weighted by molar-refractivity contribution is -0.274. The van der Waals surface area contributed by atoms with Crippen molar-refractivity contribution in [2.24, 2.45) is 0 Å². The second-order valence-electron chi connectivity index (χ2n) is 7.85. The van der Waals surface area contributed by atoms with Crippen molar-refractivity contribution in [3.8, 4) is 11.5 Å². The highest BCUT2D eigenvalue weighted by Crippen LogP contribution is 2.28. The number of phenolic OH excluding ortho intramolecular Hbond substituents is 1. The second-order valence-corrected chi connectivity index (χ2v) is 10.8. The minimum Gasteiger partial charge on any atom is -0.506 e. The number of phenols is 1. The third-order valence-electron chi connectivity index (χ3n) is 4.70. The van der Waals surface area contributed by atoms with Crippen LogP contribution < -0.4 is 20.1 Å². The number of carbonyl (C=O) groups excluding carboxylic acids is 1. The Bertz CT molecular complexity index is 1320. The molecule has 0 saturated carbocycles. The van der Waals surface area contributed by atoms with E-state index in [9.17, 15) is 31.5 Å². The van der Waals surface area contributed by atoms with Gasteiger partial charge in [0.15, 0.2) is 0 Å². The van der Waals surface area contributed by atoms with Gasteiger partial charge in [0, 0.05) is 16.3 Å². The molecular formula is C24H24F3N3O5S2. The van der Waals surface area contributed by atoms with Gasteiger partial charge >= 0.3 is 12.4 Å². The van der Waals surface area contributed by atoms with E-state index >= 15 is 0 Å². The first-order chi connectivity index (χ1) is 17.4. The molecule has 3 aromatic carbocycles. The predicted molar refractivity (Wildman–Crippen MR) is 138 cm³/mol. The standard InChI is InChI=1S/C24H24F3N3O5S2/c1-37(33,34)30-21-15-18(8-13-22(21)31)29-23(32)28-17-6-4-16(5-7-17)3-2-14-36-20-11-9-19(10-12-20)35-24(25,26)27/h4-13,15,30-31H,2-3,14H2,1H3,(H2,28,29,32). The molecule has 3 rings (SSSR count). The van der Waals surface area contributed by atoms with Crippen LogP contribution in [0.25, 0.3) is 0 Å². The summed E-state index contributed by atoms with van der Waals surface area (Å²) in [4.78, 5) is 13.1. The normalized spacial score (nSPS) is 11.6. The van der Waals surface area contributed by atoms with E-state index in [1.54, 1.807) is 24.3 Å². The number of thioether (sulfide) groups is 1. The molecule has 0 aliphatic heterocycles. The smallest absolute Gasteiger partial charge is 0.506 e. The van der Waals surface area contributed by atoms with E-state index in [-0.39, 0.29) is 22.9 Å². The quantitative estimate of drug-likeness (QED) is 0.105. The molecule has 0 spiro atoms. The molecule has 2 amide bonds. The molecular weight excluding hydrogens is 531 g/mol. The maximum absolute atomic E-state index is 12.3. The monoisotopic (exact) mass is 555 g/mol. The van der Waals surface area contributed by atoms with Gasteiger partial charge in [-0.1, -0.05) is 12.1 Å². The molecule has 13 heteroatoms. The van der Waals surface area contributed by atoms with Crippen LogP contribution in [0, 0.1) is 0 Å². The van der Waals surface area contributed by atoms with Crippen LogP contribution in [0.4, 0.5) is 35.0 Å². The van der Waals surface area contributed by atoms with Crippen molar-refractivity contribution in [3.05, 3.63) is 72.3 Å². The van der Waals surface area contributed by atoms with Crippen LogP contribution >= 0.6 is 11.8 Å². The van der Waals surface area contributed by atoms with Gasteiger partial charge in [-0.15, -0.1) is 24.9 Å². The zero-order valence-corrected chi connectivity index (χ0v) is 21.1. The summed E-state index contributed by atoms with van der Waals surface area (Å²) in [5.41, 5.74) is 1.81. The molecule has 37 heavy (non-hydrogen) atoms. The third kappa shape index (κ3) is 10.1. The number of benzene rings is 3. The third-order valence-corrected chi connectivity index (χ3v) is 6.39. The minimum absolute atomic E-state index is 0.0599. The first-order valence-electron chi connectivity index (χ1n) is 10.8. The Labute approximate surface area is 216 Å². The van der Waals surface area contributed by atoms with E-state index in [0.29, 0.717) is 5.69 Å². The Morgan fingerprint density at radius 1 is 0.973 bits per heavy atom. The molecule has 3 aromatic rings. The molecule has 0 bridgehead atoms. The molecule has 0 radical (unpaired) electrons. The summed E-state index contributed by atoms with van der Waals surface area (Å²) in [6.45, 7) is 0. The molecule has 0 aromatic heterocycles. The highest BCUT2D eigenvalue weighted by Gasteiger charge is 2.30. The molecule has 0 aliphatic carbocycles. The van der Waals surface area contributed by atoms with Gasteiger partial charge in [-0.2, -0.15) is 0 Å². The van der Waals surface area contributed by atoms with Gasteiger partial charge in [0.25, 0.3) is 0 Å². The molecule has 0 unspecified atom stereocenters. The lowest BCUT2D eigenvalue weighted by Crippen LogP contribution is -2.19. The van der Waals surface area contributed by atoms with Crippen LogP contribution in [0.3, 0.4) is 0 Å². The van der Waals surface area contributed by atoms with Crippen LogP contribution in [-0.4, -0.2) is 37.9 Å². The van der Waals surface area contributed by atoms with Crippen LogP contribution in [-0.2, 0) is 16.4 Å². The molecule has 4 N–H and O–H groups in total. The lowest BCUT2D eigenvalue weighted by atomic mass is 10.1. The molecule has 0 atom stereocenters. The topological polar surface area (TPSA) is 117 Å². The molecule has 0 saturated heterocycles. The number of aryl methyl sites for hydroxylation is 1. The maximum atomic E-state index is 12.3. The fourth-order valence-electron chi connectivity index (χ4n) is 3.15. The molecule has 0 fully saturated rings. The van der Waals surface area contributed by atoms with Crippen molar-refractivity contribution in [3.63, 3.8) is 0 Å². The maximum Gasteiger partial charge on any atom is 0.573 e. The summed E-state index contributed by atoms with van der Waals surface area (Å²) in [6, 6.07) is 16.4. The number of ether oxygens (including phenoxy) is 1. The van der Waals surface area contributed by atoms with Crippen molar-refractivity contribution in [2.75, 3.05) is 27.4 Å². The molecule has 198 valence electrons. The number of alkyl halides is 3. The van der Waals surface area contributed by atoms with Crippen molar-refractivity contribution < 1.29 is 36.2 Å². The van der Waals surface area contributed by atoms with Crippen LogP contribution in [0.15, 0.2) is 71.6 Å². The Morgan fingerprint density at radius 3 is 2.22 bits per heavy atom. The molecule has 0 heterocycles. The summed E-state index contributed by atoms with van der Waals surface area (Å²) >= 11 is 1.53. The Morgan fingerprint density at radius 2 is 1.59 bits per heavy atom. The fraction of sp³-hybridized carbons (Fsp3) is 0.208. The average molecular weight is 556 g/mol. The largest absolute Gasteiger partial charge is 0.573 e. The lowest BCUT2D eigenvalue weighted by Gasteiger charge is -2.11. The van der Waals surface area contributed by atoms with Gasteiger partial charge in [0.2, 0.25) is 10.0 Å². The minimum atomic E-state index is -4.71.